The van der Waals surface area contributed by atoms with Crippen molar-refractivity contribution in [3.8, 4) is 0 Å². The molecular weight excluding hydrogens is 530 g/mol. The minimum Gasteiger partial charge on any atom is -0.458 e. The number of hydrogen-bond acceptors (Lipinski definition) is 8. The SMILES string of the molecule is CC(C)(C)OC(=O)[C@@H]1CC[C@H](CCO)N1C(=O)[C@H](CNC(=O)OCc1ccccc1)NC(=O)OCc1ccccc1. The maximum atomic E-state index is 13.9. The quantitative estimate of drug-likeness (QED) is 0.276. The van der Waals surface area contributed by atoms with Crippen LogP contribution >= 0.6 is 0 Å². The maximum Gasteiger partial charge on any atom is 0.408 e. The van der Waals surface area contributed by atoms with Crippen LogP contribution in [0.2, 0.25) is 0 Å². The number of nitrogens with one attached hydrogen (secondary N) is 2. The highest BCUT2D eigenvalue weighted by molar-refractivity contribution is 5.91. The largest absolute Gasteiger partial charge is 0.458 e. The van der Waals surface area contributed by atoms with Gasteiger partial charge in [0.05, 0.1) is 6.54 Å². The van der Waals surface area contributed by atoms with E-state index in [2.05, 4.69) is 10.6 Å². The molecule has 1 aliphatic heterocycles. The third kappa shape index (κ3) is 10.1. The number of ether oxygens (including phenoxy) is 3. The number of amides is 3. The molecule has 2 aromatic rings. The Morgan fingerprint density at radius 2 is 1.46 bits per heavy atom. The number of rotatable bonds is 11. The van der Waals surface area contributed by atoms with Crippen LogP contribution in [0.25, 0.3) is 0 Å². The van der Waals surface area contributed by atoms with Crippen LogP contribution in [-0.4, -0.2) is 70.9 Å². The first-order valence-corrected chi connectivity index (χ1v) is 13.6. The molecule has 3 N–H and O–H groups in total. The van der Waals surface area contributed by atoms with E-state index in [9.17, 15) is 24.3 Å². The van der Waals surface area contributed by atoms with Crippen molar-refractivity contribution in [3.63, 3.8) is 0 Å². The topological polar surface area (TPSA) is 144 Å². The molecule has 0 aromatic heterocycles. The summed E-state index contributed by atoms with van der Waals surface area (Å²) >= 11 is 0. The number of nitrogens with zero attached hydrogens (tertiary/aromatic N) is 1. The third-order valence-corrected chi connectivity index (χ3v) is 6.36. The Kier molecular flexibility index (Phi) is 11.5. The second kappa shape index (κ2) is 15.0. The van der Waals surface area contributed by atoms with E-state index in [0.717, 1.165) is 11.1 Å². The number of aliphatic hydroxyl groups is 1. The molecule has 0 unspecified atom stereocenters. The number of aliphatic hydroxyl groups excluding tert-OH is 1. The molecule has 3 rings (SSSR count). The molecule has 0 aliphatic carbocycles. The minimum atomic E-state index is -1.29. The monoisotopic (exact) mass is 569 g/mol. The Balaban J connectivity index is 1.74. The number of hydrogen-bond donors (Lipinski definition) is 3. The molecule has 1 fully saturated rings. The van der Waals surface area contributed by atoms with Crippen LogP contribution < -0.4 is 10.6 Å². The van der Waals surface area contributed by atoms with Gasteiger partial charge >= 0.3 is 18.2 Å². The van der Waals surface area contributed by atoms with Gasteiger partial charge in [0.1, 0.15) is 30.9 Å². The molecule has 11 nitrogen and oxygen atoms in total. The Morgan fingerprint density at radius 3 is 2.00 bits per heavy atom. The zero-order valence-electron chi connectivity index (χ0n) is 23.7. The standard InChI is InChI=1S/C30H39N3O8/c1-30(2,3)41-27(36)25-15-14-23(16-17-34)33(25)26(35)24(32-29(38)40-20-22-12-8-5-9-13-22)18-31-28(37)39-19-21-10-6-4-7-11-21/h4-13,23-25,34H,14-20H2,1-3H3,(H,31,37)(H,32,38)/t23-,24+,25+/m1/s1. The number of alkyl carbamates (subject to hydrolysis) is 2. The molecule has 1 saturated heterocycles. The first kappa shape index (κ1) is 31.4. The number of carbonyl (C=O) groups excluding carboxylic acids is 4. The van der Waals surface area contributed by atoms with E-state index in [0.29, 0.717) is 12.8 Å². The summed E-state index contributed by atoms with van der Waals surface area (Å²) in [4.78, 5) is 53.5. The predicted molar refractivity (Wildman–Crippen MR) is 149 cm³/mol. The molecule has 2 aromatic carbocycles. The van der Waals surface area contributed by atoms with E-state index >= 15 is 0 Å². The second-order valence-corrected chi connectivity index (χ2v) is 10.7. The molecule has 0 spiro atoms. The number of carbonyl (C=O) groups is 4. The Bertz CT molecular complexity index is 1150. The molecule has 3 atom stereocenters. The van der Waals surface area contributed by atoms with Gasteiger partial charge in [0, 0.05) is 12.6 Å². The van der Waals surface area contributed by atoms with E-state index in [1.54, 1.807) is 57.2 Å². The maximum absolute atomic E-state index is 13.9. The van der Waals surface area contributed by atoms with Crippen LogP contribution in [-0.2, 0) is 37.0 Å². The first-order chi connectivity index (χ1) is 19.6. The predicted octanol–water partition coefficient (Wildman–Crippen LogP) is 3.29. The summed E-state index contributed by atoms with van der Waals surface area (Å²) in [6, 6.07) is 15.4. The van der Waals surface area contributed by atoms with Crippen molar-refractivity contribution in [2.45, 2.75) is 77.0 Å². The molecular formula is C30H39N3O8. The van der Waals surface area contributed by atoms with Crippen LogP contribution in [0, 0.1) is 0 Å². The van der Waals surface area contributed by atoms with Crippen LogP contribution in [0.1, 0.15) is 51.2 Å². The zero-order chi connectivity index (χ0) is 29.8. The van der Waals surface area contributed by atoms with E-state index in [1.807, 2.05) is 24.3 Å². The highest BCUT2D eigenvalue weighted by atomic mass is 16.6. The van der Waals surface area contributed by atoms with Crippen LogP contribution in [0.5, 0.6) is 0 Å². The number of esters is 1. The summed E-state index contributed by atoms with van der Waals surface area (Å²) < 4.78 is 16.1. The van der Waals surface area contributed by atoms with Gasteiger partial charge in [-0.05, 0) is 51.2 Å². The van der Waals surface area contributed by atoms with E-state index in [1.165, 1.54) is 4.90 Å². The van der Waals surface area contributed by atoms with Gasteiger partial charge in [-0.25, -0.2) is 14.4 Å². The highest BCUT2D eigenvalue weighted by Gasteiger charge is 2.44. The lowest BCUT2D eigenvalue weighted by atomic mass is 10.1. The molecule has 0 radical (unpaired) electrons. The average Bonchev–Trinajstić information content (AvgIpc) is 3.37. The molecule has 1 aliphatic rings. The van der Waals surface area contributed by atoms with Gasteiger partial charge in [0.15, 0.2) is 0 Å². The van der Waals surface area contributed by atoms with Crippen molar-refractivity contribution in [2.75, 3.05) is 13.2 Å². The summed E-state index contributed by atoms with van der Waals surface area (Å²) in [6.45, 7) is 4.66. The van der Waals surface area contributed by atoms with Crippen molar-refractivity contribution >= 4 is 24.1 Å². The highest BCUT2D eigenvalue weighted by Crippen LogP contribution is 2.29. The van der Waals surface area contributed by atoms with Gasteiger partial charge < -0.3 is 34.9 Å². The Morgan fingerprint density at radius 1 is 0.902 bits per heavy atom. The van der Waals surface area contributed by atoms with Crippen molar-refractivity contribution in [3.05, 3.63) is 71.8 Å². The second-order valence-electron chi connectivity index (χ2n) is 10.7. The minimum absolute atomic E-state index is 0.0171. The Hall–Kier alpha value is -4.12. The van der Waals surface area contributed by atoms with E-state index < -0.39 is 47.8 Å². The smallest absolute Gasteiger partial charge is 0.408 e. The van der Waals surface area contributed by atoms with E-state index in [4.69, 9.17) is 14.2 Å². The van der Waals surface area contributed by atoms with Crippen LogP contribution in [0.4, 0.5) is 9.59 Å². The van der Waals surface area contributed by atoms with E-state index in [-0.39, 0.29) is 32.8 Å². The van der Waals surface area contributed by atoms with Crippen molar-refractivity contribution in [1.82, 2.24) is 15.5 Å². The molecule has 0 saturated carbocycles. The van der Waals surface area contributed by atoms with Gasteiger partial charge in [0.25, 0.3) is 0 Å². The third-order valence-electron chi connectivity index (χ3n) is 6.36. The zero-order valence-corrected chi connectivity index (χ0v) is 23.7. The average molecular weight is 570 g/mol. The Labute approximate surface area is 240 Å². The fraction of sp³-hybridized carbons (Fsp3) is 0.467. The summed E-state index contributed by atoms with van der Waals surface area (Å²) in [5, 5.41) is 14.7. The number of benzene rings is 2. The lowest BCUT2D eigenvalue weighted by molar-refractivity contribution is -0.164. The van der Waals surface area contributed by atoms with Crippen LogP contribution in [0.3, 0.4) is 0 Å². The molecule has 3 amide bonds. The fourth-order valence-corrected chi connectivity index (χ4v) is 4.50. The first-order valence-electron chi connectivity index (χ1n) is 13.6. The summed E-state index contributed by atoms with van der Waals surface area (Å²) in [7, 11) is 0. The summed E-state index contributed by atoms with van der Waals surface area (Å²) in [5.74, 6) is -1.19. The molecule has 0 bridgehead atoms. The van der Waals surface area contributed by atoms with Gasteiger partial charge in [-0.1, -0.05) is 60.7 Å². The normalized spacial score (nSPS) is 17.3. The molecule has 41 heavy (non-hydrogen) atoms. The van der Waals surface area contributed by atoms with Gasteiger partial charge in [-0.15, -0.1) is 0 Å². The lowest BCUT2D eigenvalue weighted by Crippen LogP contribution is -2.58. The van der Waals surface area contributed by atoms with Gasteiger partial charge in [0.2, 0.25) is 5.91 Å². The van der Waals surface area contributed by atoms with Crippen molar-refractivity contribution < 1.29 is 38.5 Å². The lowest BCUT2D eigenvalue weighted by Gasteiger charge is -2.33. The van der Waals surface area contributed by atoms with Crippen molar-refractivity contribution in [1.29, 1.82) is 0 Å². The summed E-state index contributed by atoms with van der Waals surface area (Å²) in [5.41, 5.74) is 0.756. The number of likely N-dealkylation sites (tertiary alicyclic amines) is 1. The van der Waals surface area contributed by atoms with Crippen molar-refractivity contribution in [2.24, 2.45) is 0 Å². The molecule has 1 heterocycles. The van der Waals surface area contributed by atoms with Crippen LogP contribution in [0.15, 0.2) is 60.7 Å². The molecule has 11 heteroatoms. The fourth-order valence-electron chi connectivity index (χ4n) is 4.50. The van der Waals surface area contributed by atoms with Gasteiger partial charge in [-0.3, -0.25) is 4.79 Å². The summed E-state index contributed by atoms with van der Waals surface area (Å²) in [6.07, 6.45) is -0.624. The molecule has 222 valence electrons. The van der Waals surface area contributed by atoms with Gasteiger partial charge in [-0.2, -0.15) is 0 Å².